The number of likely N-dealkylation sites (tertiary alicyclic amines) is 1. The Hall–Kier alpha value is -1.68. The standard InChI is InChI=1S/C15H19N3O/c16-9-11-5-7-18(8-6-11)15-13-4-2-1-3-12(13)14(19)10-17-15/h1-4,11H,5-10,16H2. The number of carbonyl (C=O) groups excluding carboxylic acids is 1. The monoisotopic (exact) mass is 257 g/mol. The van der Waals surface area contributed by atoms with Gasteiger partial charge in [0, 0.05) is 24.2 Å². The van der Waals surface area contributed by atoms with Crippen LogP contribution >= 0.6 is 0 Å². The Balaban J connectivity index is 1.84. The van der Waals surface area contributed by atoms with E-state index in [0.29, 0.717) is 5.92 Å². The van der Waals surface area contributed by atoms with Crippen LogP contribution in [0.15, 0.2) is 29.3 Å². The van der Waals surface area contributed by atoms with Crippen LogP contribution in [-0.4, -0.2) is 42.7 Å². The number of hydrogen-bond acceptors (Lipinski definition) is 4. The minimum Gasteiger partial charge on any atom is -0.356 e. The van der Waals surface area contributed by atoms with Gasteiger partial charge in [-0.25, -0.2) is 0 Å². The summed E-state index contributed by atoms with van der Waals surface area (Å²) < 4.78 is 0. The Morgan fingerprint density at radius 3 is 2.58 bits per heavy atom. The van der Waals surface area contributed by atoms with Crippen LogP contribution in [0.4, 0.5) is 0 Å². The van der Waals surface area contributed by atoms with Crippen molar-refractivity contribution in [3.8, 4) is 0 Å². The topological polar surface area (TPSA) is 58.7 Å². The van der Waals surface area contributed by atoms with Gasteiger partial charge >= 0.3 is 0 Å². The number of Topliss-reactive ketones (excluding diaryl/α,β-unsaturated/α-hetero) is 1. The minimum atomic E-state index is 0.121. The molecule has 0 aromatic heterocycles. The molecule has 0 radical (unpaired) electrons. The van der Waals surface area contributed by atoms with Crippen molar-refractivity contribution in [3.63, 3.8) is 0 Å². The van der Waals surface area contributed by atoms with E-state index in [4.69, 9.17) is 5.73 Å². The number of piperidine rings is 1. The van der Waals surface area contributed by atoms with Crippen molar-refractivity contribution < 1.29 is 4.79 Å². The molecule has 0 amide bonds. The predicted molar refractivity (Wildman–Crippen MR) is 75.5 cm³/mol. The Morgan fingerprint density at radius 2 is 1.89 bits per heavy atom. The normalized spacial score (nSPS) is 20.2. The summed E-state index contributed by atoms with van der Waals surface area (Å²) >= 11 is 0. The molecule has 0 atom stereocenters. The van der Waals surface area contributed by atoms with Crippen molar-refractivity contribution >= 4 is 11.6 Å². The van der Waals surface area contributed by atoms with Crippen LogP contribution in [0, 0.1) is 5.92 Å². The Bertz CT molecular complexity index is 516. The number of fused-ring (bicyclic) bond motifs is 1. The van der Waals surface area contributed by atoms with E-state index >= 15 is 0 Å². The first-order valence-electron chi connectivity index (χ1n) is 6.91. The number of hydrogen-bond donors (Lipinski definition) is 1. The average Bonchev–Trinajstić information content (AvgIpc) is 2.48. The van der Waals surface area contributed by atoms with E-state index in [1.54, 1.807) is 0 Å². The van der Waals surface area contributed by atoms with Gasteiger partial charge in [0.2, 0.25) is 0 Å². The zero-order chi connectivity index (χ0) is 13.2. The highest BCUT2D eigenvalue weighted by atomic mass is 16.1. The van der Waals surface area contributed by atoms with Gasteiger partial charge in [0.05, 0.1) is 0 Å². The molecular weight excluding hydrogens is 238 g/mol. The van der Waals surface area contributed by atoms with Crippen LogP contribution in [0.1, 0.15) is 28.8 Å². The van der Waals surface area contributed by atoms with Crippen LogP contribution in [0.25, 0.3) is 0 Å². The predicted octanol–water partition coefficient (Wildman–Crippen LogP) is 1.30. The molecule has 4 heteroatoms. The lowest BCUT2D eigenvalue weighted by molar-refractivity contribution is 0.0999. The number of benzene rings is 1. The van der Waals surface area contributed by atoms with Gasteiger partial charge in [0.25, 0.3) is 0 Å². The van der Waals surface area contributed by atoms with E-state index in [1.165, 1.54) is 0 Å². The van der Waals surface area contributed by atoms with Crippen molar-refractivity contribution in [2.45, 2.75) is 12.8 Å². The molecule has 1 aromatic carbocycles. The number of rotatable bonds is 1. The molecule has 2 aliphatic rings. The Morgan fingerprint density at radius 1 is 1.21 bits per heavy atom. The van der Waals surface area contributed by atoms with E-state index in [1.807, 2.05) is 24.3 Å². The third-order valence-electron chi connectivity index (χ3n) is 4.09. The van der Waals surface area contributed by atoms with Crippen LogP contribution in [0.2, 0.25) is 0 Å². The molecule has 3 rings (SSSR count). The second-order valence-corrected chi connectivity index (χ2v) is 5.27. The lowest BCUT2D eigenvalue weighted by Gasteiger charge is -2.35. The van der Waals surface area contributed by atoms with Crippen LogP contribution in [0.3, 0.4) is 0 Å². The molecule has 1 fully saturated rings. The molecule has 2 aliphatic heterocycles. The van der Waals surface area contributed by atoms with E-state index < -0.39 is 0 Å². The largest absolute Gasteiger partial charge is 0.356 e. The van der Waals surface area contributed by atoms with Gasteiger partial charge in [0.1, 0.15) is 12.4 Å². The molecule has 1 aromatic rings. The van der Waals surface area contributed by atoms with E-state index in [9.17, 15) is 4.79 Å². The third kappa shape index (κ3) is 2.28. The van der Waals surface area contributed by atoms with Crippen molar-refractivity contribution in [2.24, 2.45) is 16.6 Å². The number of amidine groups is 1. The summed E-state index contributed by atoms with van der Waals surface area (Å²) in [6.07, 6.45) is 2.23. The summed E-state index contributed by atoms with van der Waals surface area (Å²) in [7, 11) is 0. The molecule has 19 heavy (non-hydrogen) atoms. The highest BCUT2D eigenvalue weighted by molar-refractivity contribution is 6.14. The molecule has 1 saturated heterocycles. The summed E-state index contributed by atoms with van der Waals surface area (Å²) in [5.41, 5.74) is 7.53. The fraction of sp³-hybridized carbons (Fsp3) is 0.467. The first-order valence-corrected chi connectivity index (χ1v) is 6.91. The summed E-state index contributed by atoms with van der Waals surface area (Å²) in [5.74, 6) is 1.75. The fourth-order valence-corrected chi connectivity index (χ4v) is 2.89. The quantitative estimate of drug-likeness (QED) is 0.825. The molecule has 0 spiro atoms. The van der Waals surface area contributed by atoms with Gasteiger partial charge in [0.15, 0.2) is 5.78 Å². The lowest BCUT2D eigenvalue weighted by atomic mass is 9.94. The second-order valence-electron chi connectivity index (χ2n) is 5.27. The minimum absolute atomic E-state index is 0.121. The Kier molecular flexibility index (Phi) is 3.34. The average molecular weight is 257 g/mol. The molecule has 0 unspecified atom stereocenters. The highest BCUT2D eigenvalue weighted by Crippen LogP contribution is 2.22. The number of nitrogens with two attached hydrogens (primary N) is 1. The van der Waals surface area contributed by atoms with E-state index in [2.05, 4.69) is 9.89 Å². The van der Waals surface area contributed by atoms with Crippen molar-refractivity contribution in [2.75, 3.05) is 26.2 Å². The van der Waals surface area contributed by atoms with Gasteiger partial charge in [-0.2, -0.15) is 0 Å². The van der Waals surface area contributed by atoms with Crippen molar-refractivity contribution in [1.29, 1.82) is 0 Å². The summed E-state index contributed by atoms with van der Waals surface area (Å²) in [6, 6.07) is 7.79. The fourth-order valence-electron chi connectivity index (χ4n) is 2.89. The van der Waals surface area contributed by atoms with Gasteiger partial charge in [-0.1, -0.05) is 24.3 Å². The molecule has 100 valence electrons. The van der Waals surface area contributed by atoms with E-state index in [-0.39, 0.29) is 12.3 Å². The number of ketones is 1. The van der Waals surface area contributed by atoms with Gasteiger partial charge in [-0.3, -0.25) is 9.79 Å². The molecule has 4 nitrogen and oxygen atoms in total. The molecule has 0 saturated carbocycles. The summed E-state index contributed by atoms with van der Waals surface area (Å²) in [5, 5.41) is 0. The maximum Gasteiger partial charge on any atom is 0.185 e. The highest BCUT2D eigenvalue weighted by Gasteiger charge is 2.26. The van der Waals surface area contributed by atoms with E-state index in [0.717, 1.165) is 49.4 Å². The first kappa shape index (κ1) is 12.4. The Labute approximate surface area is 113 Å². The van der Waals surface area contributed by atoms with Gasteiger partial charge in [-0.05, 0) is 25.3 Å². The first-order chi connectivity index (χ1) is 9.29. The smallest absolute Gasteiger partial charge is 0.185 e. The maximum atomic E-state index is 11.9. The lowest BCUT2D eigenvalue weighted by Crippen LogP contribution is -2.42. The summed E-state index contributed by atoms with van der Waals surface area (Å²) in [6.45, 7) is 3.03. The summed E-state index contributed by atoms with van der Waals surface area (Å²) in [4.78, 5) is 18.7. The van der Waals surface area contributed by atoms with Crippen LogP contribution in [-0.2, 0) is 0 Å². The zero-order valence-corrected chi connectivity index (χ0v) is 11.0. The second kappa shape index (κ2) is 5.13. The van der Waals surface area contributed by atoms with Crippen LogP contribution in [0.5, 0.6) is 0 Å². The van der Waals surface area contributed by atoms with Crippen LogP contribution < -0.4 is 5.73 Å². The third-order valence-corrected chi connectivity index (χ3v) is 4.09. The molecule has 0 bridgehead atoms. The zero-order valence-electron chi connectivity index (χ0n) is 11.0. The number of aliphatic imine (C=N–C) groups is 1. The maximum absolute atomic E-state index is 11.9. The molecule has 0 aliphatic carbocycles. The van der Waals surface area contributed by atoms with Crippen molar-refractivity contribution in [3.05, 3.63) is 35.4 Å². The van der Waals surface area contributed by atoms with Gasteiger partial charge < -0.3 is 10.6 Å². The SMILES string of the molecule is NCC1CCN(C2=NCC(=O)c3ccccc32)CC1. The number of nitrogens with zero attached hydrogens (tertiary/aromatic N) is 2. The molecular formula is C15H19N3O. The van der Waals surface area contributed by atoms with Crippen molar-refractivity contribution in [1.82, 2.24) is 4.90 Å². The van der Waals surface area contributed by atoms with Gasteiger partial charge in [-0.15, -0.1) is 0 Å². The molecule has 2 heterocycles. The molecule has 2 N–H and O–H groups in total. The number of carbonyl (C=O) groups is 1.